The zero-order valence-electron chi connectivity index (χ0n) is 47.0. The highest BCUT2D eigenvalue weighted by atomic mass is 35.5. The highest BCUT2D eigenvalue weighted by Crippen LogP contribution is 2.40. The minimum atomic E-state index is 0.201. The zero-order valence-corrected chi connectivity index (χ0v) is 47.8. The van der Waals surface area contributed by atoms with Gasteiger partial charge in [0, 0.05) is 71.2 Å². The van der Waals surface area contributed by atoms with Gasteiger partial charge in [-0.1, -0.05) is 24.3 Å². The van der Waals surface area contributed by atoms with E-state index in [4.69, 9.17) is 54.6 Å². The van der Waals surface area contributed by atoms with Gasteiger partial charge in [0.25, 0.3) is 0 Å². The lowest BCUT2D eigenvalue weighted by Crippen LogP contribution is -2.33. The van der Waals surface area contributed by atoms with Crippen LogP contribution in [-0.2, 0) is 0 Å². The molecule has 0 radical (unpaired) electrons. The molecule has 0 saturated carbocycles. The van der Waals surface area contributed by atoms with Gasteiger partial charge in [-0.05, 0) is 137 Å². The first-order valence-electron chi connectivity index (χ1n) is 27.4. The van der Waals surface area contributed by atoms with Crippen LogP contribution in [0.4, 0.5) is 22.7 Å². The summed E-state index contributed by atoms with van der Waals surface area (Å²) < 4.78 is 45.7. The van der Waals surface area contributed by atoms with Gasteiger partial charge in [-0.25, -0.2) is 0 Å². The van der Waals surface area contributed by atoms with E-state index in [1.54, 1.807) is 46.9 Å². The fourth-order valence-corrected chi connectivity index (χ4v) is 9.65. The number of rotatable bonds is 23. The third-order valence-corrected chi connectivity index (χ3v) is 14.1. The summed E-state index contributed by atoms with van der Waals surface area (Å²) in [6, 6.07) is 42.2. The van der Waals surface area contributed by atoms with Crippen LogP contribution in [0.1, 0.15) is 49.7 Å². The number of halogens is 1. The molecule has 0 aliphatic carbocycles. The molecule has 432 valence electrons. The van der Waals surface area contributed by atoms with Gasteiger partial charge in [-0.2, -0.15) is 10.5 Å². The Morgan fingerprint density at radius 1 is 0.590 bits per heavy atom. The number of fused-ring (bicyclic) bond motifs is 2. The van der Waals surface area contributed by atoms with Crippen LogP contribution in [0, 0.1) is 22.7 Å². The molecule has 8 aromatic rings. The molecule has 2 fully saturated rings. The number of alkyl halides is 1. The molecule has 2 aliphatic heterocycles. The van der Waals surface area contributed by atoms with Crippen LogP contribution in [0.25, 0.3) is 21.8 Å². The number of pyridine rings is 2. The van der Waals surface area contributed by atoms with Crippen molar-refractivity contribution in [2.24, 2.45) is 0 Å². The fourth-order valence-electron chi connectivity index (χ4n) is 9.54. The molecular formula is C64H69ClN8O10. The second-order valence-corrected chi connectivity index (χ2v) is 19.6. The molecule has 0 amide bonds. The van der Waals surface area contributed by atoms with Crippen LogP contribution in [0.5, 0.6) is 57.5 Å². The number of aliphatic hydroxyl groups excluding tert-OH is 2. The molecule has 0 unspecified atom stereocenters. The number of aromatic nitrogens is 2. The van der Waals surface area contributed by atoms with Crippen LogP contribution in [0.2, 0.25) is 0 Å². The number of hydrogen-bond acceptors (Lipinski definition) is 18. The van der Waals surface area contributed by atoms with Crippen molar-refractivity contribution in [2.45, 2.75) is 50.6 Å². The Morgan fingerprint density at radius 3 is 1.48 bits per heavy atom. The van der Waals surface area contributed by atoms with Gasteiger partial charge in [0.2, 0.25) is 0 Å². The smallest absolute Gasteiger partial charge is 0.169 e. The van der Waals surface area contributed by atoms with E-state index >= 15 is 0 Å². The van der Waals surface area contributed by atoms with E-state index in [0.717, 1.165) is 67.5 Å². The average molecular weight is 1150 g/mol. The Balaban J connectivity index is 0.000000196. The van der Waals surface area contributed by atoms with Gasteiger partial charge in [0.15, 0.2) is 46.0 Å². The number of nitrogens with one attached hydrogen (secondary N) is 3. The third kappa shape index (κ3) is 16.0. The van der Waals surface area contributed by atoms with Gasteiger partial charge in [0.1, 0.15) is 23.6 Å². The molecule has 6 aromatic carbocycles. The molecule has 2 aromatic heterocycles. The van der Waals surface area contributed by atoms with Crippen molar-refractivity contribution in [1.29, 1.82) is 10.5 Å². The maximum Gasteiger partial charge on any atom is 0.169 e. The Labute approximate surface area is 489 Å². The molecule has 4 heterocycles. The second-order valence-electron chi connectivity index (χ2n) is 19.2. The number of nitriles is 2. The third-order valence-electron chi connectivity index (χ3n) is 13.9. The maximum absolute atomic E-state index is 9.83. The lowest BCUT2D eigenvalue weighted by atomic mass is 10.1. The number of aliphatic hydroxyl groups is 2. The van der Waals surface area contributed by atoms with Gasteiger partial charge in [-0.3, -0.25) is 14.9 Å². The second kappa shape index (κ2) is 30.9. The molecule has 2 atom stereocenters. The van der Waals surface area contributed by atoms with E-state index < -0.39 is 0 Å². The number of likely N-dealkylation sites (tertiary alicyclic amines) is 1. The molecule has 0 spiro atoms. The predicted octanol–water partition coefficient (Wildman–Crippen LogP) is 12.3. The summed E-state index contributed by atoms with van der Waals surface area (Å²) in [5, 5.41) is 48.9. The first-order chi connectivity index (χ1) is 40.7. The van der Waals surface area contributed by atoms with E-state index in [1.807, 2.05) is 115 Å². The first kappa shape index (κ1) is 60.3. The van der Waals surface area contributed by atoms with Crippen molar-refractivity contribution in [3.8, 4) is 69.6 Å². The summed E-state index contributed by atoms with van der Waals surface area (Å²) in [6.45, 7) is 4.47. The SMILES string of the molecule is COc1cc2c(Nc3ccc(Oc4ccccc4OC)cc3)c(C#N)cnc2cc1OCCCCl.COc1cc2c(Nc3ccc(Oc4ccccc4OC)cc3)c(C#N)cnc2cc1OCCCN1CCC[C@@H]1CO.OC[C@H]1CCCN1. The quantitative estimate of drug-likeness (QED) is 0.0296. The van der Waals surface area contributed by atoms with E-state index in [0.29, 0.717) is 129 Å². The largest absolute Gasteiger partial charge is 0.493 e. The van der Waals surface area contributed by atoms with Crippen LogP contribution >= 0.6 is 11.6 Å². The van der Waals surface area contributed by atoms with Gasteiger partial charge in [-0.15, -0.1) is 11.6 Å². The summed E-state index contributed by atoms with van der Waals surface area (Å²) >= 11 is 5.76. The molecular weight excluding hydrogens is 1080 g/mol. The number of ether oxygens (including phenoxy) is 8. The minimum Gasteiger partial charge on any atom is -0.493 e. The highest BCUT2D eigenvalue weighted by molar-refractivity contribution is 6.17. The number of methoxy groups -OCH3 is 4. The van der Waals surface area contributed by atoms with Crippen LogP contribution < -0.4 is 53.8 Å². The highest BCUT2D eigenvalue weighted by Gasteiger charge is 2.23. The van der Waals surface area contributed by atoms with Crippen LogP contribution in [0.15, 0.2) is 134 Å². The van der Waals surface area contributed by atoms with Gasteiger partial charge < -0.3 is 64.1 Å². The topological polar surface area (TPSA) is 227 Å². The molecule has 19 heteroatoms. The van der Waals surface area contributed by atoms with Crippen molar-refractivity contribution in [2.75, 3.05) is 91.0 Å². The molecule has 2 saturated heterocycles. The zero-order chi connectivity index (χ0) is 58.3. The Kier molecular flexibility index (Phi) is 22.5. The van der Waals surface area contributed by atoms with Crippen molar-refractivity contribution in [3.63, 3.8) is 0 Å². The molecule has 10 rings (SSSR count). The standard InChI is InChI=1S/C32H34N4O5.C27H24ClN3O4.C5H11NO/c1-38-28-8-3-4-9-29(28)41-25-12-10-23(11-13-25)35-32-22(19-33)20-34-27-18-31(30(39-2)17-26(27)32)40-16-6-15-36-14-5-7-24(36)21-37;1-32-23-6-3-4-7-24(23)35-20-10-8-19(9-11-20)31-27-18(16-29)17-30-22-15-26(34-13-5-12-28)25(33-2)14-21(22)27;7-4-5-2-1-3-6-5/h3-4,8-13,17-18,20,24,37H,5-7,14-16,21H2,1-2H3,(H,34,35);3-4,6-11,14-15,17H,5,12-13H2,1-2H3,(H,30,31);5-7H,1-4H2/t24-;;5-/m1.1/s1. The summed E-state index contributed by atoms with van der Waals surface area (Å²) in [5.74, 6) is 6.65. The molecule has 18 nitrogen and oxygen atoms in total. The summed E-state index contributed by atoms with van der Waals surface area (Å²) in [6.07, 6.45) is 9.19. The summed E-state index contributed by atoms with van der Waals surface area (Å²) in [5.41, 5.74) is 4.98. The Bertz CT molecular complexity index is 3460. The van der Waals surface area contributed by atoms with Crippen LogP contribution in [0.3, 0.4) is 0 Å². The monoisotopic (exact) mass is 1140 g/mol. The minimum absolute atomic E-state index is 0.201. The fraction of sp³-hybridized carbons (Fsp3) is 0.312. The van der Waals surface area contributed by atoms with E-state index in [2.05, 4.69) is 43.0 Å². The van der Waals surface area contributed by atoms with Gasteiger partial charge in [0.05, 0.1) is 88.4 Å². The predicted molar refractivity (Wildman–Crippen MR) is 322 cm³/mol. The normalized spacial score (nSPS) is 14.4. The summed E-state index contributed by atoms with van der Waals surface area (Å²) in [7, 11) is 6.38. The number of anilines is 4. The average Bonchev–Trinajstić information content (AvgIpc) is 4.43. The van der Waals surface area contributed by atoms with E-state index in [1.165, 1.54) is 6.42 Å². The maximum atomic E-state index is 9.83. The van der Waals surface area contributed by atoms with Crippen molar-refractivity contribution in [3.05, 3.63) is 145 Å². The molecule has 5 N–H and O–H groups in total. The van der Waals surface area contributed by atoms with Crippen molar-refractivity contribution >= 4 is 56.2 Å². The van der Waals surface area contributed by atoms with Crippen LogP contribution in [-0.4, -0.2) is 118 Å². The Morgan fingerprint density at radius 2 is 1.07 bits per heavy atom. The number of benzene rings is 6. The molecule has 2 aliphatic rings. The number of para-hydroxylation sites is 4. The lowest BCUT2D eigenvalue weighted by Gasteiger charge is -2.22. The Hall–Kier alpha value is -8.75. The van der Waals surface area contributed by atoms with E-state index in [9.17, 15) is 15.6 Å². The molecule has 83 heavy (non-hydrogen) atoms. The molecule has 0 bridgehead atoms. The van der Waals surface area contributed by atoms with Crippen molar-refractivity contribution in [1.82, 2.24) is 20.2 Å². The van der Waals surface area contributed by atoms with Gasteiger partial charge >= 0.3 is 0 Å². The van der Waals surface area contributed by atoms with E-state index in [-0.39, 0.29) is 12.6 Å². The number of nitrogens with zero attached hydrogens (tertiary/aromatic N) is 5. The summed E-state index contributed by atoms with van der Waals surface area (Å²) in [4.78, 5) is 11.3. The van der Waals surface area contributed by atoms with Crippen molar-refractivity contribution < 1.29 is 48.1 Å². The first-order valence-corrected chi connectivity index (χ1v) is 27.9. The lowest BCUT2D eigenvalue weighted by molar-refractivity contribution is 0.150. The number of hydrogen-bond donors (Lipinski definition) is 5.